The van der Waals surface area contributed by atoms with E-state index in [2.05, 4.69) is 15.9 Å². The van der Waals surface area contributed by atoms with Crippen molar-refractivity contribution in [3.63, 3.8) is 0 Å². The number of carboxylic acid groups (broad SMARTS) is 1. The number of fused-ring (bicyclic) bond motifs is 1. The Morgan fingerprint density at radius 2 is 2.15 bits per heavy atom. The summed E-state index contributed by atoms with van der Waals surface area (Å²) < 4.78 is 6.41. The molecule has 2 rings (SSSR count). The largest absolute Gasteiger partial charge is 0.495 e. The molecule has 0 bridgehead atoms. The van der Waals surface area contributed by atoms with E-state index in [0.29, 0.717) is 5.75 Å². The van der Waals surface area contributed by atoms with E-state index in [1.807, 2.05) is 6.07 Å². The van der Waals surface area contributed by atoms with Gasteiger partial charge in [-0.15, -0.1) is 0 Å². The molecular formula is C15H20BrNO3. The molecule has 0 spiro atoms. The number of carboxylic acids is 1. The molecule has 0 aliphatic heterocycles. The van der Waals surface area contributed by atoms with Crippen LogP contribution in [-0.2, 0) is 17.6 Å². The highest BCUT2D eigenvalue weighted by molar-refractivity contribution is 9.10. The smallest absolute Gasteiger partial charge is 0.305 e. The Kier molecular flexibility index (Phi) is 5.05. The van der Waals surface area contributed by atoms with Crippen molar-refractivity contribution in [2.75, 3.05) is 7.11 Å². The summed E-state index contributed by atoms with van der Waals surface area (Å²) in [5.41, 5.74) is 9.36. The third-order valence-electron chi connectivity index (χ3n) is 3.81. The highest BCUT2D eigenvalue weighted by Gasteiger charge is 2.23. The molecular weight excluding hydrogens is 322 g/mol. The van der Waals surface area contributed by atoms with Gasteiger partial charge < -0.3 is 15.6 Å². The van der Waals surface area contributed by atoms with Crippen molar-refractivity contribution >= 4 is 21.9 Å². The molecule has 0 heterocycles. The zero-order chi connectivity index (χ0) is 14.7. The Morgan fingerprint density at radius 3 is 2.80 bits per heavy atom. The third kappa shape index (κ3) is 3.15. The average Bonchev–Trinajstić information content (AvgIpc) is 2.63. The Bertz CT molecular complexity index is 516. The highest BCUT2D eigenvalue weighted by atomic mass is 79.9. The van der Waals surface area contributed by atoms with E-state index in [1.165, 1.54) is 30.4 Å². The van der Waals surface area contributed by atoms with Crippen molar-refractivity contribution in [1.82, 2.24) is 0 Å². The van der Waals surface area contributed by atoms with Crippen LogP contribution in [-0.4, -0.2) is 18.2 Å². The molecule has 0 radical (unpaired) electrons. The number of carbonyl (C=O) groups is 1. The number of rotatable bonds is 4. The number of halogens is 1. The summed E-state index contributed by atoms with van der Waals surface area (Å²) in [5, 5.41) is 8.93. The first-order valence-corrected chi connectivity index (χ1v) is 7.69. The molecule has 5 heteroatoms. The Hall–Kier alpha value is -1.07. The Morgan fingerprint density at radius 1 is 1.45 bits per heavy atom. The Balaban J connectivity index is 2.48. The van der Waals surface area contributed by atoms with E-state index in [-0.39, 0.29) is 6.42 Å². The van der Waals surface area contributed by atoms with E-state index < -0.39 is 12.0 Å². The van der Waals surface area contributed by atoms with Gasteiger partial charge in [-0.3, -0.25) is 4.79 Å². The topological polar surface area (TPSA) is 72.5 Å². The average molecular weight is 342 g/mol. The molecule has 1 aromatic carbocycles. The van der Waals surface area contributed by atoms with Crippen LogP contribution in [0.3, 0.4) is 0 Å². The van der Waals surface area contributed by atoms with Crippen LogP contribution in [0.4, 0.5) is 0 Å². The molecule has 0 aromatic heterocycles. The van der Waals surface area contributed by atoms with Gasteiger partial charge in [0.05, 0.1) is 18.0 Å². The van der Waals surface area contributed by atoms with Crippen molar-refractivity contribution in [2.45, 2.75) is 44.6 Å². The molecule has 0 amide bonds. The Labute approximate surface area is 127 Å². The van der Waals surface area contributed by atoms with Gasteiger partial charge in [0.1, 0.15) is 5.75 Å². The summed E-state index contributed by atoms with van der Waals surface area (Å²) in [7, 11) is 1.60. The second kappa shape index (κ2) is 6.59. The lowest BCUT2D eigenvalue weighted by atomic mass is 9.94. The summed E-state index contributed by atoms with van der Waals surface area (Å²) in [6.45, 7) is 0. The van der Waals surface area contributed by atoms with Crippen molar-refractivity contribution in [1.29, 1.82) is 0 Å². The maximum absolute atomic E-state index is 10.9. The molecule has 110 valence electrons. The molecule has 4 nitrogen and oxygen atoms in total. The van der Waals surface area contributed by atoms with E-state index >= 15 is 0 Å². The fourth-order valence-electron chi connectivity index (χ4n) is 2.81. The van der Waals surface area contributed by atoms with Crippen LogP contribution in [0.1, 0.15) is 48.4 Å². The first kappa shape index (κ1) is 15.3. The molecule has 0 saturated carbocycles. The molecule has 3 N–H and O–H groups in total. The van der Waals surface area contributed by atoms with Crippen LogP contribution in [0.25, 0.3) is 0 Å². The number of hydrogen-bond acceptors (Lipinski definition) is 3. The standard InChI is InChI=1S/C15H20BrNO3/c1-20-15-11(12(17)8-13(18)19)7-9-5-3-2-4-6-10(9)14(15)16/h7,12H,2-6,8,17H2,1H3,(H,18,19). The van der Waals surface area contributed by atoms with E-state index in [4.69, 9.17) is 15.6 Å². The lowest BCUT2D eigenvalue weighted by Crippen LogP contribution is -2.17. The quantitative estimate of drug-likeness (QED) is 0.824. The number of methoxy groups -OCH3 is 1. The van der Waals surface area contributed by atoms with Crippen LogP contribution in [0.5, 0.6) is 5.75 Å². The second-order valence-corrected chi connectivity index (χ2v) is 6.01. The molecule has 20 heavy (non-hydrogen) atoms. The van der Waals surface area contributed by atoms with Crippen LogP contribution in [0.2, 0.25) is 0 Å². The highest BCUT2D eigenvalue weighted by Crippen LogP contribution is 2.40. The van der Waals surface area contributed by atoms with Crippen molar-refractivity contribution in [3.8, 4) is 5.75 Å². The maximum Gasteiger partial charge on any atom is 0.305 e. The second-order valence-electron chi connectivity index (χ2n) is 5.22. The third-order valence-corrected chi connectivity index (χ3v) is 4.65. The van der Waals surface area contributed by atoms with Gasteiger partial charge in [0, 0.05) is 11.6 Å². The molecule has 0 saturated heterocycles. The summed E-state index contributed by atoms with van der Waals surface area (Å²) in [4.78, 5) is 10.9. The van der Waals surface area contributed by atoms with Gasteiger partial charge in [-0.2, -0.15) is 0 Å². The van der Waals surface area contributed by atoms with Gasteiger partial charge in [0.2, 0.25) is 0 Å². The minimum absolute atomic E-state index is 0.0956. The maximum atomic E-state index is 10.9. The number of aliphatic carboxylic acids is 1. The van der Waals surface area contributed by atoms with Crippen LogP contribution in [0.15, 0.2) is 10.5 Å². The minimum Gasteiger partial charge on any atom is -0.495 e. The monoisotopic (exact) mass is 341 g/mol. The summed E-state index contributed by atoms with van der Waals surface area (Å²) >= 11 is 3.62. The van der Waals surface area contributed by atoms with Crippen molar-refractivity contribution < 1.29 is 14.6 Å². The van der Waals surface area contributed by atoms with Gasteiger partial charge in [0.25, 0.3) is 0 Å². The van der Waals surface area contributed by atoms with E-state index in [0.717, 1.165) is 22.9 Å². The molecule has 1 unspecified atom stereocenters. The predicted molar refractivity (Wildman–Crippen MR) is 81.1 cm³/mol. The zero-order valence-electron chi connectivity index (χ0n) is 11.6. The lowest BCUT2D eigenvalue weighted by molar-refractivity contribution is -0.137. The van der Waals surface area contributed by atoms with Gasteiger partial charge in [-0.1, -0.05) is 12.5 Å². The molecule has 1 aliphatic carbocycles. The first-order chi connectivity index (χ1) is 9.54. The number of aryl methyl sites for hydroxylation is 1. The fraction of sp³-hybridized carbons (Fsp3) is 0.533. The van der Waals surface area contributed by atoms with Crippen molar-refractivity contribution in [2.24, 2.45) is 5.73 Å². The zero-order valence-corrected chi connectivity index (χ0v) is 13.2. The lowest BCUT2D eigenvalue weighted by Gasteiger charge is -2.20. The van der Waals surface area contributed by atoms with Crippen LogP contribution < -0.4 is 10.5 Å². The summed E-state index contributed by atoms with van der Waals surface area (Å²) in [5.74, 6) is -0.218. The molecule has 0 fully saturated rings. The number of ether oxygens (including phenoxy) is 1. The molecule has 1 aliphatic rings. The fourth-order valence-corrected chi connectivity index (χ4v) is 3.66. The minimum atomic E-state index is -0.898. The van der Waals surface area contributed by atoms with E-state index in [9.17, 15) is 4.79 Å². The first-order valence-electron chi connectivity index (χ1n) is 6.90. The summed E-state index contributed by atoms with van der Waals surface area (Å²) in [6, 6.07) is 1.49. The van der Waals surface area contributed by atoms with E-state index in [1.54, 1.807) is 7.11 Å². The van der Waals surface area contributed by atoms with Gasteiger partial charge in [-0.05, 0) is 52.7 Å². The SMILES string of the molecule is COc1c(C(N)CC(=O)O)cc2c(c1Br)CCCCC2. The van der Waals surface area contributed by atoms with Crippen LogP contribution >= 0.6 is 15.9 Å². The predicted octanol–water partition coefficient (Wildman–Crippen LogP) is 3.20. The van der Waals surface area contributed by atoms with Crippen LogP contribution in [0, 0.1) is 0 Å². The molecule has 1 atom stereocenters. The number of nitrogens with two attached hydrogens (primary N) is 1. The normalized spacial score (nSPS) is 16.1. The van der Waals surface area contributed by atoms with Crippen molar-refractivity contribution in [3.05, 3.63) is 27.2 Å². The van der Waals surface area contributed by atoms with Gasteiger partial charge in [0.15, 0.2) is 0 Å². The summed E-state index contributed by atoms with van der Waals surface area (Å²) in [6.07, 6.45) is 5.52. The number of hydrogen-bond donors (Lipinski definition) is 2. The van der Waals surface area contributed by atoms with Gasteiger partial charge >= 0.3 is 5.97 Å². The van der Waals surface area contributed by atoms with Gasteiger partial charge in [-0.25, -0.2) is 0 Å². The molecule has 1 aromatic rings. The number of benzene rings is 1.